The normalized spacial score (nSPS) is 14.6. The predicted molar refractivity (Wildman–Crippen MR) is 97.6 cm³/mol. The molecule has 0 aromatic heterocycles. The Morgan fingerprint density at radius 3 is 2.30 bits per heavy atom. The van der Waals surface area contributed by atoms with Crippen molar-refractivity contribution in [2.45, 2.75) is 58.6 Å². The Kier molecular flexibility index (Phi) is 10.5. The summed E-state index contributed by atoms with van der Waals surface area (Å²) in [6, 6.07) is 0. The summed E-state index contributed by atoms with van der Waals surface area (Å²) in [5.41, 5.74) is 0. The maximum atomic E-state index is 12.1. The van der Waals surface area contributed by atoms with Gasteiger partial charge in [-0.3, -0.25) is 4.99 Å². The summed E-state index contributed by atoms with van der Waals surface area (Å²) in [6.45, 7) is 11.1. The van der Waals surface area contributed by atoms with Crippen LogP contribution in [0.5, 0.6) is 0 Å². The lowest BCUT2D eigenvalue weighted by atomic mass is 10.0. The summed E-state index contributed by atoms with van der Waals surface area (Å²) in [5.74, 6) is 1.07. The number of aliphatic hydroxyl groups excluding tert-OH is 1. The molecule has 0 fully saturated rings. The Morgan fingerprint density at radius 1 is 1.17 bits per heavy atom. The number of hydrogen-bond donors (Lipinski definition) is 3. The fourth-order valence-electron chi connectivity index (χ4n) is 2.09. The molecule has 0 rings (SSSR count). The summed E-state index contributed by atoms with van der Waals surface area (Å²) in [7, 11) is -3.14. The summed E-state index contributed by atoms with van der Waals surface area (Å²) >= 11 is 0. The molecule has 0 aliphatic carbocycles. The molecule has 0 radical (unpaired) electrons. The van der Waals surface area contributed by atoms with Crippen LogP contribution in [-0.4, -0.2) is 56.2 Å². The fraction of sp³-hybridized carbons (Fsp3) is 0.938. The first-order chi connectivity index (χ1) is 10.7. The predicted octanol–water partition coefficient (Wildman–Crippen LogP) is 1.55. The number of nitrogens with zero attached hydrogens (tertiary/aromatic N) is 1. The van der Waals surface area contributed by atoms with E-state index in [1.165, 1.54) is 0 Å². The van der Waals surface area contributed by atoms with E-state index in [0.717, 1.165) is 25.8 Å². The molecule has 3 N–H and O–H groups in total. The largest absolute Gasteiger partial charge is 0.396 e. The van der Waals surface area contributed by atoms with E-state index in [9.17, 15) is 8.42 Å². The van der Waals surface area contributed by atoms with Gasteiger partial charge in [0.15, 0.2) is 15.8 Å². The first-order valence-electron chi connectivity index (χ1n) is 8.53. The van der Waals surface area contributed by atoms with Crippen molar-refractivity contribution >= 4 is 15.8 Å². The number of nitrogens with one attached hydrogen (secondary N) is 2. The molecule has 0 spiro atoms. The lowest BCUT2D eigenvalue weighted by Crippen LogP contribution is -2.42. The van der Waals surface area contributed by atoms with Crippen molar-refractivity contribution in [3.63, 3.8) is 0 Å². The molecule has 0 bridgehead atoms. The third-order valence-electron chi connectivity index (χ3n) is 3.68. The van der Waals surface area contributed by atoms with E-state index in [-0.39, 0.29) is 12.4 Å². The number of aliphatic hydroxyl groups is 1. The number of rotatable bonds is 10. The molecular formula is C16H35N3O3S. The van der Waals surface area contributed by atoms with Crippen molar-refractivity contribution in [2.24, 2.45) is 10.9 Å². The van der Waals surface area contributed by atoms with Crippen molar-refractivity contribution < 1.29 is 13.5 Å². The van der Waals surface area contributed by atoms with Gasteiger partial charge >= 0.3 is 0 Å². The van der Waals surface area contributed by atoms with Gasteiger partial charge in [-0.15, -0.1) is 0 Å². The molecule has 0 saturated heterocycles. The maximum absolute atomic E-state index is 12.1. The number of sulfone groups is 1. The molecule has 23 heavy (non-hydrogen) atoms. The molecule has 7 heteroatoms. The molecule has 0 aromatic carbocycles. The molecule has 0 aliphatic heterocycles. The molecule has 0 amide bonds. The smallest absolute Gasteiger partial charge is 0.191 e. The zero-order valence-corrected chi connectivity index (χ0v) is 16.2. The quantitative estimate of drug-likeness (QED) is 0.411. The third-order valence-corrected chi connectivity index (χ3v) is 6.29. The summed E-state index contributed by atoms with van der Waals surface area (Å²) < 4.78 is 23.5. The van der Waals surface area contributed by atoms with E-state index in [0.29, 0.717) is 25.0 Å². The zero-order chi connectivity index (χ0) is 17.9. The molecule has 6 nitrogen and oxygen atoms in total. The topological polar surface area (TPSA) is 90.8 Å². The standard InChI is InChI=1S/C16H35N3O3S/c1-6-8-14(9-11-20)13-19-15(17-7-2)18-10-12-23(21,22)16(3,4)5/h14,20H,6-13H2,1-5H3,(H2,17,18,19). The first-order valence-corrected chi connectivity index (χ1v) is 10.2. The van der Waals surface area contributed by atoms with E-state index in [1.807, 2.05) is 6.92 Å². The van der Waals surface area contributed by atoms with Gasteiger partial charge in [0, 0.05) is 26.2 Å². The highest BCUT2D eigenvalue weighted by Crippen LogP contribution is 2.15. The van der Waals surface area contributed by atoms with Gasteiger partial charge in [-0.1, -0.05) is 13.3 Å². The van der Waals surface area contributed by atoms with Gasteiger partial charge in [-0.25, -0.2) is 8.42 Å². The first kappa shape index (κ1) is 22.2. The Morgan fingerprint density at radius 2 is 1.83 bits per heavy atom. The van der Waals surface area contributed by atoms with Crippen molar-refractivity contribution in [1.29, 1.82) is 0 Å². The van der Waals surface area contributed by atoms with Crippen LogP contribution in [0.25, 0.3) is 0 Å². The molecule has 138 valence electrons. The molecule has 1 atom stereocenters. The minimum atomic E-state index is -3.14. The molecular weight excluding hydrogens is 314 g/mol. The second-order valence-electron chi connectivity index (χ2n) is 6.74. The van der Waals surface area contributed by atoms with E-state index in [1.54, 1.807) is 20.8 Å². The molecule has 0 aliphatic rings. The van der Waals surface area contributed by atoms with Crippen molar-refractivity contribution in [3.05, 3.63) is 0 Å². The van der Waals surface area contributed by atoms with Crippen LogP contribution in [0.1, 0.15) is 53.9 Å². The number of aliphatic imine (C=N–C) groups is 1. The van der Waals surface area contributed by atoms with Crippen LogP contribution in [0.4, 0.5) is 0 Å². The third kappa shape index (κ3) is 9.15. The van der Waals surface area contributed by atoms with E-state index in [2.05, 4.69) is 22.5 Å². The molecule has 0 heterocycles. The SMILES string of the molecule is CCCC(CCO)CN=C(NCC)NCCS(=O)(=O)C(C)(C)C. The minimum Gasteiger partial charge on any atom is -0.396 e. The van der Waals surface area contributed by atoms with Crippen molar-refractivity contribution in [3.8, 4) is 0 Å². The molecule has 0 aromatic rings. The number of hydrogen-bond acceptors (Lipinski definition) is 4. The van der Waals surface area contributed by atoms with Crippen LogP contribution < -0.4 is 10.6 Å². The van der Waals surface area contributed by atoms with E-state index >= 15 is 0 Å². The van der Waals surface area contributed by atoms with Gasteiger partial charge in [0.2, 0.25) is 0 Å². The Labute approximate surface area is 142 Å². The van der Waals surface area contributed by atoms with Crippen molar-refractivity contribution in [2.75, 3.05) is 32.0 Å². The second-order valence-corrected chi connectivity index (χ2v) is 9.61. The highest BCUT2D eigenvalue weighted by atomic mass is 32.2. The van der Waals surface area contributed by atoms with Crippen LogP contribution in [0.15, 0.2) is 4.99 Å². The van der Waals surface area contributed by atoms with Gasteiger partial charge in [0.25, 0.3) is 0 Å². The molecule has 1 unspecified atom stereocenters. The Hall–Kier alpha value is -0.820. The lowest BCUT2D eigenvalue weighted by molar-refractivity contribution is 0.253. The van der Waals surface area contributed by atoms with Crippen LogP contribution in [0.3, 0.4) is 0 Å². The fourth-order valence-corrected chi connectivity index (χ4v) is 3.07. The molecule has 0 saturated carbocycles. The zero-order valence-electron chi connectivity index (χ0n) is 15.4. The summed E-state index contributed by atoms with van der Waals surface area (Å²) in [5, 5.41) is 15.3. The highest BCUT2D eigenvalue weighted by molar-refractivity contribution is 7.92. The summed E-state index contributed by atoms with van der Waals surface area (Å²) in [6.07, 6.45) is 2.84. The van der Waals surface area contributed by atoms with Gasteiger partial charge in [0.05, 0.1) is 10.5 Å². The minimum absolute atomic E-state index is 0.0793. The lowest BCUT2D eigenvalue weighted by Gasteiger charge is -2.20. The van der Waals surface area contributed by atoms with E-state index < -0.39 is 14.6 Å². The van der Waals surface area contributed by atoms with Crippen LogP contribution in [-0.2, 0) is 9.84 Å². The summed E-state index contributed by atoms with van der Waals surface area (Å²) in [4.78, 5) is 4.52. The van der Waals surface area contributed by atoms with Gasteiger partial charge < -0.3 is 15.7 Å². The van der Waals surface area contributed by atoms with E-state index in [4.69, 9.17) is 5.11 Å². The monoisotopic (exact) mass is 349 g/mol. The van der Waals surface area contributed by atoms with Crippen LogP contribution in [0, 0.1) is 5.92 Å². The average molecular weight is 350 g/mol. The van der Waals surface area contributed by atoms with Crippen LogP contribution >= 0.6 is 0 Å². The van der Waals surface area contributed by atoms with Gasteiger partial charge in [0.1, 0.15) is 0 Å². The average Bonchev–Trinajstić information content (AvgIpc) is 2.43. The maximum Gasteiger partial charge on any atom is 0.191 e. The Balaban J connectivity index is 4.59. The highest BCUT2D eigenvalue weighted by Gasteiger charge is 2.28. The Bertz CT molecular complexity index is 436. The second kappa shape index (κ2) is 10.9. The van der Waals surface area contributed by atoms with Crippen LogP contribution in [0.2, 0.25) is 0 Å². The van der Waals surface area contributed by atoms with Gasteiger partial charge in [-0.2, -0.15) is 0 Å². The van der Waals surface area contributed by atoms with Crippen molar-refractivity contribution in [1.82, 2.24) is 10.6 Å². The van der Waals surface area contributed by atoms with Gasteiger partial charge in [-0.05, 0) is 46.5 Å². The number of guanidine groups is 1.